The summed E-state index contributed by atoms with van der Waals surface area (Å²) < 4.78 is 6.09. The van der Waals surface area contributed by atoms with Crippen LogP contribution < -0.4 is 0 Å². The molecule has 1 spiro atoms. The van der Waals surface area contributed by atoms with Crippen LogP contribution >= 0.6 is 11.8 Å². The van der Waals surface area contributed by atoms with Crippen molar-refractivity contribution in [1.82, 2.24) is 0 Å². The van der Waals surface area contributed by atoms with E-state index in [4.69, 9.17) is 4.74 Å². The number of ether oxygens (including phenoxy) is 1. The molecule has 3 rings (SSSR count). The minimum Gasteiger partial charge on any atom is -0.375 e. The molecule has 1 unspecified atom stereocenters. The van der Waals surface area contributed by atoms with Gasteiger partial charge in [-0.05, 0) is 68.9 Å². The van der Waals surface area contributed by atoms with Crippen LogP contribution in [0.2, 0.25) is 0 Å². The molecule has 2 saturated heterocycles. The van der Waals surface area contributed by atoms with Crippen molar-refractivity contribution in [2.45, 2.75) is 63.4 Å². The van der Waals surface area contributed by atoms with Gasteiger partial charge in [-0.1, -0.05) is 12.0 Å². The Balaban J connectivity index is 1.62. The number of hydrogen-bond donors (Lipinski definition) is 0. The summed E-state index contributed by atoms with van der Waals surface area (Å²) in [7, 11) is 0. The van der Waals surface area contributed by atoms with Crippen molar-refractivity contribution in [3.8, 4) is 0 Å². The molecule has 2 nitrogen and oxygen atoms in total. The summed E-state index contributed by atoms with van der Waals surface area (Å²) in [6.45, 7) is 0.782. The predicted octanol–water partition coefficient (Wildman–Crippen LogP) is 4.14. The van der Waals surface area contributed by atoms with Gasteiger partial charge >= 0.3 is 0 Å². The third kappa shape index (κ3) is 3.48. The number of ketones is 1. The zero-order chi connectivity index (χ0) is 13.8. The van der Waals surface area contributed by atoms with Crippen LogP contribution in [0.4, 0.5) is 0 Å². The molecular weight excluding hydrogens is 268 g/mol. The summed E-state index contributed by atoms with van der Waals surface area (Å²) in [4.78, 5) is 12.6. The lowest BCUT2D eigenvalue weighted by Crippen LogP contribution is -2.44. The van der Waals surface area contributed by atoms with Crippen LogP contribution in [0.5, 0.6) is 0 Å². The summed E-state index contributed by atoms with van der Waals surface area (Å²) in [6, 6.07) is 0. The van der Waals surface area contributed by atoms with E-state index in [1.165, 1.54) is 36.3 Å². The van der Waals surface area contributed by atoms with Gasteiger partial charge in [0.25, 0.3) is 0 Å². The van der Waals surface area contributed by atoms with Crippen LogP contribution in [0, 0.1) is 5.92 Å². The second-order valence-corrected chi connectivity index (χ2v) is 7.82. The molecule has 0 amide bonds. The van der Waals surface area contributed by atoms with Crippen molar-refractivity contribution >= 4 is 17.5 Å². The number of carbonyl (C=O) groups is 1. The fourth-order valence-corrected chi connectivity index (χ4v) is 5.07. The first-order valence-corrected chi connectivity index (χ1v) is 9.38. The minimum atomic E-state index is 0.0366. The Morgan fingerprint density at radius 3 is 2.70 bits per heavy atom. The fraction of sp³-hybridized carbons (Fsp3) is 0.824. The summed E-state index contributed by atoms with van der Waals surface area (Å²) in [5, 5.41) is 0. The van der Waals surface area contributed by atoms with Gasteiger partial charge in [-0.3, -0.25) is 4.79 Å². The smallest absolute Gasteiger partial charge is 0.158 e. The van der Waals surface area contributed by atoms with E-state index < -0.39 is 0 Å². The third-order valence-electron chi connectivity index (χ3n) is 5.14. The maximum atomic E-state index is 12.6. The van der Waals surface area contributed by atoms with E-state index in [1.807, 2.05) is 17.8 Å². The quantitative estimate of drug-likeness (QED) is 0.716. The molecule has 1 atom stereocenters. The molecule has 3 aliphatic rings. The van der Waals surface area contributed by atoms with E-state index in [9.17, 15) is 4.79 Å². The number of carbonyl (C=O) groups excluding carboxylic acids is 1. The van der Waals surface area contributed by atoms with E-state index in [2.05, 4.69) is 0 Å². The Labute approximate surface area is 126 Å². The summed E-state index contributed by atoms with van der Waals surface area (Å²) in [6.07, 6.45) is 12.4. The Hall–Kier alpha value is -0.280. The van der Waals surface area contributed by atoms with Crippen molar-refractivity contribution in [3.63, 3.8) is 0 Å². The largest absolute Gasteiger partial charge is 0.375 e. The second-order valence-electron chi connectivity index (χ2n) is 6.60. The summed E-state index contributed by atoms with van der Waals surface area (Å²) in [5.74, 6) is 3.01. The standard InChI is InChI=1S/C17H26O2S/c18-16(12-14-4-2-1-3-5-14)15-6-9-19-17(13-15)7-10-20-11-8-17/h12,15H,1-11,13H2. The lowest BCUT2D eigenvalue weighted by Gasteiger charge is -2.42. The van der Waals surface area contributed by atoms with E-state index in [1.54, 1.807) is 0 Å². The molecule has 2 aliphatic heterocycles. The molecule has 0 aromatic rings. The molecular formula is C17H26O2S. The van der Waals surface area contributed by atoms with Gasteiger partial charge in [0.2, 0.25) is 0 Å². The van der Waals surface area contributed by atoms with E-state index in [0.29, 0.717) is 5.78 Å². The van der Waals surface area contributed by atoms with E-state index in [-0.39, 0.29) is 11.5 Å². The van der Waals surface area contributed by atoms with Gasteiger partial charge in [0.1, 0.15) is 0 Å². The van der Waals surface area contributed by atoms with Gasteiger partial charge in [-0.2, -0.15) is 11.8 Å². The highest BCUT2D eigenvalue weighted by Crippen LogP contribution is 2.40. The van der Waals surface area contributed by atoms with E-state index in [0.717, 1.165) is 45.1 Å². The van der Waals surface area contributed by atoms with Crippen molar-refractivity contribution in [2.75, 3.05) is 18.1 Å². The molecule has 2 heterocycles. The summed E-state index contributed by atoms with van der Waals surface area (Å²) in [5.41, 5.74) is 1.44. The average molecular weight is 294 g/mol. The fourth-order valence-electron chi connectivity index (χ4n) is 3.83. The average Bonchev–Trinajstić information content (AvgIpc) is 2.49. The van der Waals surface area contributed by atoms with Crippen LogP contribution in [0.1, 0.15) is 57.8 Å². The lowest BCUT2D eigenvalue weighted by molar-refractivity contribution is -0.134. The Kier molecular flexibility index (Phi) is 4.87. The van der Waals surface area contributed by atoms with Crippen LogP contribution in [0.3, 0.4) is 0 Å². The van der Waals surface area contributed by atoms with Gasteiger partial charge < -0.3 is 4.74 Å². The molecule has 112 valence electrons. The monoisotopic (exact) mass is 294 g/mol. The number of rotatable bonds is 2. The highest BCUT2D eigenvalue weighted by molar-refractivity contribution is 7.99. The first-order chi connectivity index (χ1) is 9.77. The van der Waals surface area contributed by atoms with Crippen molar-refractivity contribution in [1.29, 1.82) is 0 Å². The number of thioether (sulfide) groups is 1. The molecule has 3 heteroatoms. The van der Waals surface area contributed by atoms with Crippen molar-refractivity contribution in [3.05, 3.63) is 11.6 Å². The normalized spacial score (nSPS) is 30.2. The van der Waals surface area contributed by atoms with Crippen LogP contribution in [-0.4, -0.2) is 29.5 Å². The molecule has 0 aromatic heterocycles. The zero-order valence-corrected chi connectivity index (χ0v) is 13.2. The van der Waals surface area contributed by atoms with Gasteiger partial charge in [0.15, 0.2) is 5.78 Å². The highest BCUT2D eigenvalue weighted by Gasteiger charge is 2.40. The second kappa shape index (κ2) is 6.65. The number of allylic oxidation sites excluding steroid dienone is 2. The zero-order valence-electron chi connectivity index (χ0n) is 12.4. The van der Waals surface area contributed by atoms with Crippen molar-refractivity contribution in [2.24, 2.45) is 5.92 Å². The van der Waals surface area contributed by atoms with Crippen molar-refractivity contribution < 1.29 is 9.53 Å². The first kappa shape index (κ1) is 14.6. The molecule has 0 bridgehead atoms. The molecule has 0 radical (unpaired) electrons. The van der Waals surface area contributed by atoms with Crippen LogP contribution in [0.25, 0.3) is 0 Å². The molecule has 0 aromatic carbocycles. The molecule has 1 aliphatic carbocycles. The first-order valence-electron chi connectivity index (χ1n) is 8.22. The lowest BCUT2D eigenvalue weighted by atomic mass is 9.79. The predicted molar refractivity (Wildman–Crippen MR) is 84.1 cm³/mol. The van der Waals surface area contributed by atoms with Gasteiger partial charge in [-0.25, -0.2) is 0 Å². The Morgan fingerprint density at radius 2 is 1.95 bits per heavy atom. The van der Waals surface area contributed by atoms with Crippen LogP contribution in [-0.2, 0) is 9.53 Å². The summed E-state index contributed by atoms with van der Waals surface area (Å²) >= 11 is 2.02. The minimum absolute atomic E-state index is 0.0366. The molecule has 3 fully saturated rings. The molecule has 1 saturated carbocycles. The molecule has 20 heavy (non-hydrogen) atoms. The number of hydrogen-bond acceptors (Lipinski definition) is 3. The van der Waals surface area contributed by atoms with Crippen LogP contribution in [0.15, 0.2) is 11.6 Å². The van der Waals surface area contributed by atoms with Gasteiger partial charge in [-0.15, -0.1) is 0 Å². The molecule has 0 N–H and O–H groups in total. The maximum absolute atomic E-state index is 12.6. The van der Waals surface area contributed by atoms with Gasteiger partial charge in [0, 0.05) is 12.5 Å². The third-order valence-corrected chi connectivity index (χ3v) is 6.13. The SMILES string of the molecule is O=C(C=C1CCCCC1)C1CCOC2(CCSCC2)C1. The van der Waals surface area contributed by atoms with Gasteiger partial charge in [0.05, 0.1) is 5.60 Å². The topological polar surface area (TPSA) is 26.3 Å². The maximum Gasteiger partial charge on any atom is 0.158 e. The Morgan fingerprint density at radius 1 is 1.20 bits per heavy atom. The Bertz CT molecular complexity index is 369. The highest BCUT2D eigenvalue weighted by atomic mass is 32.2. The van der Waals surface area contributed by atoms with E-state index >= 15 is 0 Å².